The SMILES string of the molecule is Cc1cccc(N2C[C@H](c3nc4ccccc4n3CCOc3cc(C)ccc3C)CC2=O)c1. The number of nitrogens with zero attached hydrogens (tertiary/aromatic N) is 3. The van der Waals surface area contributed by atoms with E-state index >= 15 is 0 Å². The molecular formula is C28H29N3O2. The molecule has 1 aliphatic heterocycles. The smallest absolute Gasteiger partial charge is 0.227 e. The zero-order valence-electron chi connectivity index (χ0n) is 19.4. The number of fused-ring (bicyclic) bond motifs is 1. The van der Waals surface area contributed by atoms with E-state index in [0.29, 0.717) is 26.1 Å². The molecule has 33 heavy (non-hydrogen) atoms. The molecule has 1 atom stereocenters. The predicted octanol–water partition coefficient (Wildman–Crippen LogP) is 5.56. The maximum atomic E-state index is 12.9. The molecule has 3 aromatic carbocycles. The van der Waals surface area contributed by atoms with Crippen molar-refractivity contribution in [2.45, 2.75) is 39.7 Å². The van der Waals surface area contributed by atoms with Crippen molar-refractivity contribution in [3.8, 4) is 5.75 Å². The van der Waals surface area contributed by atoms with Crippen LogP contribution < -0.4 is 9.64 Å². The monoisotopic (exact) mass is 439 g/mol. The summed E-state index contributed by atoms with van der Waals surface area (Å²) in [6.45, 7) is 8.06. The molecule has 0 spiro atoms. The number of hydrogen-bond donors (Lipinski definition) is 0. The van der Waals surface area contributed by atoms with Crippen LogP contribution in [0, 0.1) is 20.8 Å². The molecule has 0 saturated carbocycles. The van der Waals surface area contributed by atoms with E-state index < -0.39 is 0 Å². The largest absolute Gasteiger partial charge is 0.491 e. The van der Waals surface area contributed by atoms with Gasteiger partial charge in [0, 0.05) is 24.6 Å². The highest BCUT2D eigenvalue weighted by Gasteiger charge is 2.34. The average Bonchev–Trinajstić information content (AvgIpc) is 3.37. The topological polar surface area (TPSA) is 47.4 Å². The number of rotatable bonds is 6. The summed E-state index contributed by atoms with van der Waals surface area (Å²) in [6.07, 6.45) is 0.467. The summed E-state index contributed by atoms with van der Waals surface area (Å²) in [5.74, 6) is 2.08. The van der Waals surface area contributed by atoms with Gasteiger partial charge in [0.2, 0.25) is 5.91 Å². The number of amides is 1. The summed E-state index contributed by atoms with van der Waals surface area (Å²) in [6, 6.07) is 22.6. The summed E-state index contributed by atoms with van der Waals surface area (Å²) in [7, 11) is 0. The molecule has 0 radical (unpaired) electrons. The van der Waals surface area contributed by atoms with Gasteiger partial charge in [-0.05, 0) is 67.8 Å². The van der Waals surface area contributed by atoms with Crippen molar-refractivity contribution in [3.63, 3.8) is 0 Å². The van der Waals surface area contributed by atoms with Crippen LogP contribution in [0.4, 0.5) is 5.69 Å². The number of para-hydroxylation sites is 2. The fourth-order valence-corrected chi connectivity index (χ4v) is 4.68. The van der Waals surface area contributed by atoms with Crippen LogP contribution in [0.3, 0.4) is 0 Å². The lowest BCUT2D eigenvalue weighted by Crippen LogP contribution is -2.24. The Morgan fingerprint density at radius 2 is 1.79 bits per heavy atom. The fraction of sp³-hybridized carbons (Fsp3) is 0.286. The molecular weight excluding hydrogens is 410 g/mol. The number of aromatic nitrogens is 2. The maximum Gasteiger partial charge on any atom is 0.227 e. The standard InChI is InChI=1S/C28H29N3O2/c1-19-7-6-8-23(15-19)31-18-22(17-27(31)32)28-29-24-9-4-5-10-25(24)30(28)13-14-33-26-16-20(2)11-12-21(26)3/h4-12,15-16,22H,13-14,17-18H2,1-3H3/t22-/m1/s1. The molecule has 0 N–H and O–H groups in total. The second-order valence-corrected chi connectivity index (χ2v) is 8.97. The Morgan fingerprint density at radius 3 is 2.64 bits per heavy atom. The van der Waals surface area contributed by atoms with Gasteiger partial charge >= 0.3 is 0 Å². The van der Waals surface area contributed by atoms with E-state index in [0.717, 1.165) is 39.4 Å². The first-order chi connectivity index (χ1) is 16.0. The Balaban J connectivity index is 1.41. The van der Waals surface area contributed by atoms with E-state index in [2.05, 4.69) is 61.7 Å². The lowest BCUT2D eigenvalue weighted by molar-refractivity contribution is -0.117. The fourth-order valence-electron chi connectivity index (χ4n) is 4.68. The minimum absolute atomic E-state index is 0.0473. The molecule has 1 aromatic heterocycles. The van der Waals surface area contributed by atoms with Crippen molar-refractivity contribution >= 4 is 22.6 Å². The first-order valence-corrected chi connectivity index (χ1v) is 11.5. The van der Waals surface area contributed by atoms with Gasteiger partial charge in [0.25, 0.3) is 0 Å². The van der Waals surface area contributed by atoms with E-state index in [9.17, 15) is 4.79 Å². The number of carbonyl (C=O) groups is 1. The zero-order valence-corrected chi connectivity index (χ0v) is 19.4. The van der Waals surface area contributed by atoms with Crippen LogP contribution >= 0.6 is 0 Å². The quantitative estimate of drug-likeness (QED) is 0.395. The van der Waals surface area contributed by atoms with Crippen molar-refractivity contribution in [3.05, 3.63) is 89.2 Å². The normalized spacial score (nSPS) is 16.0. The van der Waals surface area contributed by atoms with Crippen molar-refractivity contribution < 1.29 is 9.53 Å². The molecule has 2 heterocycles. The molecule has 0 unspecified atom stereocenters. The average molecular weight is 440 g/mol. The van der Waals surface area contributed by atoms with Crippen LogP contribution in [0.5, 0.6) is 5.75 Å². The van der Waals surface area contributed by atoms with Gasteiger partial charge in [0.1, 0.15) is 18.2 Å². The van der Waals surface area contributed by atoms with Gasteiger partial charge in [-0.3, -0.25) is 4.79 Å². The third-order valence-electron chi connectivity index (χ3n) is 6.40. The van der Waals surface area contributed by atoms with E-state index in [1.54, 1.807) is 0 Å². The second kappa shape index (κ2) is 8.74. The number of carbonyl (C=O) groups excluding carboxylic acids is 1. The first-order valence-electron chi connectivity index (χ1n) is 11.5. The lowest BCUT2D eigenvalue weighted by atomic mass is 10.1. The van der Waals surface area contributed by atoms with Gasteiger partial charge in [-0.15, -0.1) is 0 Å². The van der Waals surface area contributed by atoms with Gasteiger partial charge in [-0.1, -0.05) is 36.4 Å². The molecule has 5 rings (SSSR count). The maximum absolute atomic E-state index is 12.9. The van der Waals surface area contributed by atoms with Crippen molar-refractivity contribution in [2.24, 2.45) is 0 Å². The highest BCUT2D eigenvalue weighted by Crippen LogP contribution is 2.33. The summed E-state index contributed by atoms with van der Waals surface area (Å²) in [5, 5.41) is 0. The molecule has 0 aliphatic carbocycles. The van der Waals surface area contributed by atoms with Crippen LogP contribution in [-0.2, 0) is 11.3 Å². The number of anilines is 1. The van der Waals surface area contributed by atoms with Gasteiger partial charge in [-0.25, -0.2) is 4.98 Å². The minimum atomic E-state index is 0.0473. The first kappa shape index (κ1) is 21.3. The number of benzene rings is 3. The molecule has 1 amide bonds. The molecule has 168 valence electrons. The molecule has 5 heteroatoms. The third-order valence-corrected chi connectivity index (χ3v) is 6.40. The summed E-state index contributed by atoms with van der Waals surface area (Å²) in [5.41, 5.74) is 6.47. The number of aryl methyl sites for hydroxylation is 3. The summed E-state index contributed by atoms with van der Waals surface area (Å²) in [4.78, 5) is 19.8. The van der Waals surface area contributed by atoms with Crippen LogP contribution in [0.2, 0.25) is 0 Å². The highest BCUT2D eigenvalue weighted by atomic mass is 16.5. The van der Waals surface area contributed by atoms with Crippen LogP contribution in [-0.4, -0.2) is 28.6 Å². The van der Waals surface area contributed by atoms with Crippen LogP contribution in [0.15, 0.2) is 66.7 Å². The number of imidazole rings is 1. The van der Waals surface area contributed by atoms with Crippen molar-refractivity contribution in [1.29, 1.82) is 0 Å². The van der Waals surface area contributed by atoms with Gasteiger partial charge in [0.05, 0.1) is 17.6 Å². The molecule has 1 saturated heterocycles. The van der Waals surface area contributed by atoms with E-state index in [4.69, 9.17) is 9.72 Å². The Morgan fingerprint density at radius 1 is 0.970 bits per heavy atom. The Labute approximate surface area is 194 Å². The Bertz CT molecular complexity index is 1320. The number of ether oxygens (including phenoxy) is 1. The zero-order chi connectivity index (χ0) is 22.9. The molecule has 5 nitrogen and oxygen atoms in total. The van der Waals surface area contributed by atoms with Crippen LogP contribution in [0.25, 0.3) is 11.0 Å². The third kappa shape index (κ3) is 4.23. The predicted molar refractivity (Wildman–Crippen MR) is 132 cm³/mol. The van der Waals surface area contributed by atoms with Gasteiger partial charge in [0.15, 0.2) is 0 Å². The Kier molecular flexibility index (Phi) is 5.63. The van der Waals surface area contributed by atoms with Gasteiger partial charge in [-0.2, -0.15) is 0 Å². The summed E-state index contributed by atoms with van der Waals surface area (Å²) >= 11 is 0. The summed E-state index contributed by atoms with van der Waals surface area (Å²) < 4.78 is 8.39. The Hall–Kier alpha value is -3.60. The van der Waals surface area contributed by atoms with Crippen LogP contribution in [0.1, 0.15) is 34.9 Å². The molecule has 0 bridgehead atoms. The van der Waals surface area contributed by atoms with E-state index in [-0.39, 0.29) is 11.8 Å². The van der Waals surface area contributed by atoms with Gasteiger partial charge < -0.3 is 14.2 Å². The van der Waals surface area contributed by atoms with E-state index in [1.807, 2.05) is 35.2 Å². The molecule has 1 fully saturated rings. The van der Waals surface area contributed by atoms with E-state index in [1.165, 1.54) is 5.56 Å². The highest BCUT2D eigenvalue weighted by molar-refractivity contribution is 5.96. The van der Waals surface area contributed by atoms with Crippen molar-refractivity contribution in [2.75, 3.05) is 18.1 Å². The molecule has 4 aromatic rings. The number of hydrogen-bond acceptors (Lipinski definition) is 3. The minimum Gasteiger partial charge on any atom is -0.491 e. The lowest BCUT2D eigenvalue weighted by Gasteiger charge is -2.18. The second-order valence-electron chi connectivity index (χ2n) is 8.97. The van der Waals surface area contributed by atoms with Crippen molar-refractivity contribution in [1.82, 2.24) is 9.55 Å². The molecule has 1 aliphatic rings.